The highest BCUT2D eigenvalue weighted by atomic mass is 32.2. The Bertz CT molecular complexity index is 1270. The van der Waals surface area contributed by atoms with Crippen molar-refractivity contribution in [2.75, 3.05) is 18.2 Å². The van der Waals surface area contributed by atoms with Gasteiger partial charge in [0.15, 0.2) is 11.0 Å². The first-order valence-corrected chi connectivity index (χ1v) is 13.0. The van der Waals surface area contributed by atoms with E-state index in [-0.39, 0.29) is 11.7 Å². The van der Waals surface area contributed by atoms with Crippen LogP contribution in [0.1, 0.15) is 5.56 Å². The molecule has 0 bridgehead atoms. The van der Waals surface area contributed by atoms with Crippen molar-refractivity contribution in [2.24, 2.45) is 0 Å². The molecule has 10 heteroatoms. The van der Waals surface area contributed by atoms with Gasteiger partial charge in [-0.1, -0.05) is 53.9 Å². The van der Waals surface area contributed by atoms with Crippen LogP contribution in [0.5, 0.6) is 5.75 Å². The first kappa shape index (κ1) is 25.7. The third kappa shape index (κ3) is 7.08. The van der Waals surface area contributed by atoms with E-state index in [1.807, 2.05) is 47.0 Å². The molecule has 0 saturated carbocycles. The monoisotopic (exact) mass is 526 g/mol. The normalized spacial score (nSPS) is 11.0. The van der Waals surface area contributed by atoms with E-state index in [1.54, 1.807) is 31.4 Å². The molecule has 1 heterocycles. The Labute approximate surface area is 216 Å². The number of aryl methyl sites for hydroxylation is 1. The topological polar surface area (TPSA) is 69.0 Å². The van der Waals surface area contributed by atoms with Crippen LogP contribution >= 0.6 is 23.5 Å². The average Bonchev–Trinajstić information content (AvgIpc) is 3.30. The van der Waals surface area contributed by atoms with Crippen molar-refractivity contribution in [3.63, 3.8) is 0 Å². The molecule has 1 N–H and O–H groups in total. The van der Waals surface area contributed by atoms with Crippen LogP contribution in [0.2, 0.25) is 0 Å². The van der Waals surface area contributed by atoms with Crippen LogP contribution in [0.25, 0.3) is 11.4 Å². The lowest BCUT2D eigenvalue weighted by atomic mass is 10.1. The summed E-state index contributed by atoms with van der Waals surface area (Å²) in [5.74, 6) is -1.12. The van der Waals surface area contributed by atoms with Crippen LogP contribution in [0.3, 0.4) is 0 Å². The van der Waals surface area contributed by atoms with Gasteiger partial charge < -0.3 is 14.6 Å². The number of alkyl halides is 2. The van der Waals surface area contributed by atoms with E-state index in [0.717, 1.165) is 17.7 Å². The zero-order chi connectivity index (χ0) is 25.3. The molecule has 36 heavy (non-hydrogen) atoms. The largest absolute Gasteiger partial charge is 0.497 e. The summed E-state index contributed by atoms with van der Waals surface area (Å²) in [7, 11) is 1.62. The molecular formula is C26H24F2N4O2S2. The molecule has 0 aliphatic carbocycles. The van der Waals surface area contributed by atoms with Gasteiger partial charge >= 0.3 is 0 Å². The third-order valence-electron chi connectivity index (χ3n) is 5.23. The number of methoxy groups -OCH3 is 1. The molecule has 0 atom stereocenters. The van der Waals surface area contributed by atoms with Gasteiger partial charge in [-0.3, -0.25) is 4.79 Å². The molecule has 0 radical (unpaired) electrons. The fourth-order valence-electron chi connectivity index (χ4n) is 3.48. The summed E-state index contributed by atoms with van der Waals surface area (Å²) in [5.41, 5.74) is 2.63. The Morgan fingerprint density at radius 2 is 1.72 bits per heavy atom. The molecule has 0 aliphatic rings. The summed E-state index contributed by atoms with van der Waals surface area (Å²) in [6, 6.07) is 24.1. The number of ether oxygens (including phenoxy) is 1. The Morgan fingerprint density at radius 1 is 1.00 bits per heavy atom. The minimum atomic E-state index is -2.48. The summed E-state index contributed by atoms with van der Waals surface area (Å²) in [6.07, 6.45) is 0.783. The molecule has 0 spiro atoms. The lowest BCUT2D eigenvalue weighted by molar-refractivity contribution is -0.113. The summed E-state index contributed by atoms with van der Waals surface area (Å²) >= 11 is 1.76. The van der Waals surface area contributed by atoms with Gasteiger partial charge in [-0.2, -0.15) is 8.78 Å². The second kappa shape index (κ2) is 12.5. The van der Waals surface area contributed by atoms with Crippen LogP contribution in [-0.4, -0.2) is 39.3 Å². The number of nitrogens with one attached hydrogen (secondary N) is 1. The fourth-order valence-corrected chi connectivity index (χ4v) is 4.75. The average molecular weight is 527 g/mol. The van der Waals surface area contributed by atoms with E-state index < -0.39 is 5.76 Å². The summed E-state index contributed by atoms with van der Waals surface area (Å²) in [6.45, 7) is 0.644. The van der Waals surface area contributed by atoms with Crippen molar-refractivity contribution in [3.8, 4) is 17.1 Å². The molecule has 186 valence electrons. The number of anilines is 1. The van der Waals surface area contributed by atoms with Gasteiger partial charge in [0.25, 0.3) is 5.76 Å². The highest BCUT2D eigenvalue weighted by molar-refractivity contribution is 8.00. The number of thioether (sulfide) groups is 2. The highest BCUT2D eigenvalue weighted by Gasteiger charge is 2.16. The molecule has 4 aromatic rings. The number of hydrogen-bond donors (Lipinski definition) is 1. The van der Waals surface area contributed by atoms with Crippen molar-refractivity contribution >= 4 is 35.1 Å². The number of carbonyl (C=O) groups excluding carboxylic acids is 1. The van der Waals surface area contributed by atoms with Gasteiger partial charge in [0.05, 0.1) is 12.9 Å². The van der Waals surface area contributed by atoms with Crippen molar-refractivity contribution in [3.05, 3.63) is 84.4 Å². The SMILES string of the molecule is COc1ccc(-c2nnc(SCC(=O)Nc3ccc(SC(F)F)cc3)n2CCc2ccccc2)cc1. The molecule has 0 fully saturated rings. The van der Waals surface area contributed by atoms with E-state index >= 15 is 0 Å². The van der Waals surface area contributed by atoms with Crippen LogP contribution in [0.15, 0.2) is 88.9 Å². The Hall–Kier alpha value is -3.37. The first-order chi connectivity index (χ1) is 17.5. The highest BCUT2D eigenvalue weighted by Crippen LogP contribution is 2.28. The van der Waals surface area contributed by atoms with Gasteiger partial charge in [0.1, 0.15) is 5.75 Å². The molecule has 1 amide bonds. The maximum Gasteiger partial charge on any atom is 0.288 e. The minimum absolute atomic E-state index is 0.125. The van der Waals surface area contributed by atoms with Gasteiger partial charge in [-0.15, -0.1) is 10.2 Å². The molecule has 6 nitrogen and oxygen atoms in total. The number of carbonyl (C=O) groups is 1. The van der Waals surface area contributed by atoms with Crippen LogP contribution < -0.4 is 10.1 Å². The summed E-state index contributed by atoms with van der Waals surface area (Å²) in [5, 5.41) is 12.2. The Kier molecular flexibility index (Phi) is 8.96. The van der Waals surface area contributed by atoms with Crippen molar-refractivity contribution in [1.82, 2.24) is 14.8 Å². The van der Waals surface area contributed by atoms with Gasteiger partial charge in [-0.05, 0) is 60.5 Å². The van der Waals surface area contributed by atoms with Crippen LogP contribution in [0, 0.1) is 0 Å². The van der Waals surface area contributed by atoms with Crippen LogP contribution in [-0.2, 0) is 17.8 Å². The zero-order valence-electron chi connectivity index (χ0n) is 19.4. The lowest BCUT2D eigenvalue weighted by Crippen LogP contribution is -2.15. The number of hydrogen-bond acceptors (Lipinski definition) is 6. The van der Waals surface area contributed by atoms with E-state index in [9.17, 15) is 13.6 Å². The number of amides is 1. The molecular weight excluding hydrogens is 502 g/mol. The predicted molar refractivity (Wildman–Crippen MR) is 140 cm³/mol. The van der Waals surface area contributed by atoms with E-state index in [2.05, 4.69) is 27.6 Å². The smallest absolute Gasteiger partial charge is 0.288 e. The minimum Gasteiger partial charge on any atom is -0.497 e. The molecule has 1 aromatic heterocycles. The van der Waals surface area contributed by atoms with Gasteiger partial charge in [0.2, 0.25) is 5.91 Å². The second-order valence-corrected chi connectivity index (χ2v) is 9.67. The third-order valence-corrected chi connectivity index (χ3v) is 6.92. The van der Waals surface area contributed by atoms with Crippen molar-refractivity contribution in [2.45, 2.75) is 28.8 Å². The molecule has 4 rings (SSSR count). The number of rotatable bonds is 11. The zero-order valence-corrected chi connectivity index (χ0v) is 21.1. The first-order valence-electron chi connectivity index (χ1n) is 11.1. The van der Waals surface area contributed by atoms with E-state index in [0.29, 0.717) is 39.9 Å². The standard InChI is InChI=1S/C26H24F2N4O2S2/c1-34-21-11-7-19(8-12-21)24-30-31-26(32(24)16-15-18-5-3-2-4-6-18)35-17-23(33)29-20-9-13-22(14-10-20)36-25(27)28/h2-14,25H,15-17H2,1H3,(H,29,33). The molecule has 0 unspecified atom stereocenters. The van der Waals surface area contributed by atoms with Crippen LogP contribution in [0.4, 0.5) is 14.5 Å². The van der Waals surface area contributed by atoms with Gasteiger partial charge in [-0.25, -0.2) is 0 Å². The van der Waals surface area contributed by atoms with Crippen molar-refractivity contribution in [1.29, 1.82) is 0 Å². The quantitative estimate of drug-likeness (QED) is 0.233. The van der Waals surface area contributed by atoms with Crippen molar-refractivity contribution < 1.29 is 18.3 Å². The second-order valence-electron chi connectivity index (χ2n) is 7.66. The number of benzene rings is 3. The number of aromatic nitrogens is 3. The number of halogens is 2. The Balaban J connectivity index is 1.45. The molecule has 3 aromatic carbocycles. The maximum absolute atomic E-state index is 12.6. The molecule has 0 aliphatic heterocycles. The fraction of sp³-hybridized carbons (Fsp3) is 0.192. The maximum atomic E-state index is 12.6. The molecule has 0 saturated heterocycles. The summed E-state index contributed by atoms with van der Waals surface area (Å²) in [4.78, 5) is 13.0. The Morgan fingerprint density at radius 3 is 2.39 bits per heavy atom. The predicted octanol–water partition coefficient (Wildman–Crippen LogP) is 6.24. The number of nitrogens with zero attached hydrogens (tertiary/aromatic N) is 3. The van der Waals surface area contributed by atoms with E-state index in [1.165, 1.54) is 17.3 Å². The summed E-state index contributed by atoms with van der Waals surface area (Å²) < 4.78 is 32.3. The van der Waals surface area contributed by atoms with E-state index in [4.69, 9.17) is 4.74 Å². The lowest BCUT2D eigenvalue weighted by Gasteiger charge is -2.11. The van der Waals surface area contributed by atoms with Gasteiger partial charge in [0, 0.05) is 22.7 Å².